The van der Waals surface area contributed by atoms with E-state index in [-0.39, 0.29) is 36.4 Å². The first-order chi connectivity index (χ1) is 26.2. The summed E-state index contributed by atoms with van der Waals surface area (Å²) in [5.74, 6) is 2.37. The number of amides is 2. The van der Waals surface area contributed by atoms with Crippen LogP contribution in [0, 0.1) is 17.8 Å². The zero-order valence-corrected chi connectivity index (χ0v) is 31.6. The van der Waals surface area contributed by atoms with Gasteiger partial charge in [-0.05, 0) is 110 Å². The summed E-state index contributed by atoms with van der Waals surface area (Å²) < 4.78 is 13.3. The molecular weight excluding hydrogens is 675 g/mol. The van der Waals surface area contributed by atoms with E-state index in [1.165, 1.54) is 19.3 Å². The lowest BCUT2D eigenvalue weighted by Crippen LogP contribution is -2.61. The predicted molar refractivity (Wildman–Crippen MR) is 210 cm³/mol. The fraction of sp³-hybridized carbons (Fsp3) is 0.457. The third kappa shape index (κ3) is 8.28. The summed E-state index contributed by atoms with van der Waals surface area (Å²) in [6, 6.07) is 34.3. The Hall–Kier alpha value is -4.05. The lowest BCUT2D eigenvalue weighted by molar-refractivity contribution is -0.253. The Labute approximate surface area is 319 Å². The molecule has 8 heteroatoms. The van der Waals surface area contributed by atoms with Gasteiger partial charge in [-0.3, -0.25) is 4.90 Å². The number of ether oxygens (including phenoxy) is 2. The normalized spacial score (nSPS) is 28.5. The van der Waals surface area contributed by atoms with Gasteiger partial charge in [0.25, 0.3) is 0 Å². The van der Waals surface area contributed by atoms with Crippen molar-refractivity contribution in [1.29, 1.82) is 0 Å². The van der Waals surface area contributed by atoms with E-state index in [4.69, 9.17) is 9.47 Å². The van der Waals surface area contributed by atoms with Crippen molar-refractivity contribution in [2.45, 2.75) is 101 Å². The minimum absolute atomic E-state index is 0.00201. The Bertz CT molecular complexity index is 1830. The molecule has 2 amide bonds. The van der Waals surface area contributed by atoms with Crippen molar-refractivity contribution < 1.29 is 24.5 Å². The number of aliphatic hydroxyl groups is 2. The molecule has 4 bridgehead atoms. The first-order valence-electron chi connectivity index (χ1n) is 19.9. The molecule has 5 aliphatic rings. The maximum atomic E-state index is 13.1. The van der Waals surface area contributed by atoms with Gasteiger partial charge >= 0.3 is 6.03 Å². The standard InChI is InChI=1S/C46H55N3O5/c1-30(43(51)38-8-4-3-5-9-38)49(2)28-41-23-42(37-13-11-31(29-50)12-14-37)54-44(53-41)39-17-15-36(16-18-39)40-10-6-7-32(22-40)27-47-45(52)48-46-24-33-19-34(25-46)21-35(20-33)26-46/h3-18,22,30,33-35,41-44,50-51H,19-21,23-29H2,1-2H3,(H2,47,48,52)/t30-,33?,34?,35?,41-,42+,43-,44+,46?/m1/s1. The van der Waals surface area contributed by atoms with Gasteiger partial charge in [0.1, 0.15) is 0 Å². The van der Waals surface area contributed by atoms with Crippen molar-refractivity contribution >= 4 is 6.03 Å². The summed E-state index contributed by atoms with van der Waals surface area (Å²) in [5, 5.41) is 27.3. The first kappa shape index (κ1) is 36.9. The molecule has 1 heterocycles. The molecule has 54 heavy (non-hydrogen) atoms. The summed E-state index contributed by atoms with van der Waals surface area (Å²) in [7, 11) is 2.03. The van der Waals surface area contributed by atoms with Gasteiger partial charge in [0.05, 0.1) is 24.9 Å². The average Bonchev–Trinajstić information content (AvgIpc) is 3.19. The fourth-order valence-electron chi connectivity index (χ4n) is 10.1. The monoisotopic (exact) mass is 729 g/mol. The van der Waals surface area contributed by atoms with Gasteiger partial charge < -0.3 is 30.3 Å². The highest BCUT2D eigenvalue weighted by Crippen LogP contribution is 2.55. The largest absolute Gasteiger partial charge is 0.392 e. The van der Waals surface area contributed by atoms with Gasteiger partial charge in [0, 0.05) is 36.7 Å². The third-order valence-electron chi connectivity index (χ3n) is 12.7. The van der Waals surface area contributed by atoms with Crippen LogP contribution in [0.2, 0.25) is 0 Å². The molecular formula is C46H55N3O5. The molecule has 9 rings (SSSR count). The molecule has 1 saturated heterocycles. The van der Waals surface area contributed by atoms with Gasteiger partial charge in [0.15, 0.2) is 6.29 Å². The second-order valence-electron chi connectivity index (χ2n) is 16.7. The smallest absolute Gasteiger partial charge is 0.315 e. The van der Waals surface area contributed by atoms with Crippen LogP contribution in [0.3, 0.4) is 0 Å². The lowest BCUT2D eigenvalue weighted by atomic mass is 9.53. The molecule has 4 aliphatic carbocycles. The number of hydrogen-bond donors (Lipinski definition) is 4. The van der Waals surface area contributed by atoms with E-state index in [2.05, 4.69) is 58.0 Å². The molecule has 0 aromatic heterocycles. The van der Waals surface area contributed by atoms with Crippen LogP contribution in [0.5, 0.6) is 0 Å². The van der Waals surface area contributed by atoms with Crippen molar-refractivity contribution in [1.82, 2.24) is 15.5 Å². The molecule has 0 radical (unpaired) electrons. The van der Waals surface area contributed by atoms with E-state index in [1.807, 2.05) is 74.6 Å². The molecule has 8 nitrogen and oxygen atoms in total. The van der Waals surface area contributed by atoms with Crippen LogP contribution in [0.15, 0.2) is 103 Å². The number of hydrogen-bond acceptors (Lipinski definition) is 6. The van der Waals surface area contributed by atoms with Gasteiger partial charge in [-0.25, -0.2) is 4.79 Å². The molecule has 4 aromatic carbocycles. The van der Waals surface area contributed by atoms with E-state index >= 15 is 0 Å². The Kier molecular flexibility index (Phi) is 10.9. The Morgan fingerprint density at radius 3 is 2.13 bits per heavy atom. The van der Waals surface area contributed by atoms with E-state index in [0.29, 0.717) is 19.5 Å². The zero-order chi connectivity index (χ0) is 37.2. The van der Waals surface area contributed by atoms with E-state index in [1.54, 1.807) is 0 Å². The maximum Gasteiger partial charge on any atom is 0.315 e. The highest BCUT2D eigenvalue weighted by atomic mass is 16.7. The van der Waals surface area contributed by atoms with Crippen LogP contribution in [0.4, 0.5) is 4.79 Å². The molecule has 0 spiro atoms. The summed E-state index contributed by atoms with van der Waals surface area (Å²) in [4.78, 5) is 15.3. The number of carbonyl (C=O) groups is 1. The molecule has 4 N–H and O–H groups in total. The molecule has 4 aromatic rings. The first-order valence-corrected chi connectivity index (χ1v) is 19.9. The van der Waals surface area contributed by atoms with Gasteiger partial charge in [-0.15, -0.1) is 0 Å². The van der Waals surface area contributed by atoms with E-state index in [0.717, 1.165) is 76.0 Å². The maximum absolute atomic E-state index is 13.1. The Morgan fingerprint density at radius 2 is 1.46 bits per heavy atom. The number of carbonyl (C=O) groups excluding carboxylic acids is 1. The van der Waals surface area contributed by atoms with Gasteiger partial charge in [-0.1, -0.05) is 97.1 Å². The van der Waals surface area contributed by atoms with Gasteiger partial charge in [0.2, 0.25) is 0 Å². The quantitative estimate of drug-likeness (QED) is 0.117. The van der Waals surface area contributed by atoms with Crippen LogP contribution in [-0.4, -0.2) is 52.4 Å². The van der Waals surface area contributed by atoms with Crippen LogP contribution >= 0.6 is 0 Å². The predicted octanol–water partition coefficient (Wildman–Crippen LogP) is 8.21. The summed E-state index contributed by atoms with van der Waals surface area (Å²) in [6.45, 7) is 3.14. The highest BCUT2D eigenvalue weighted by Gasteiger charge is 2.51. The summed E-state index contributed by atoms with van der Waals surface area (Å²) >= 11 is 0. The second kappa shape index (κ2) is 16.0. The van der Waals surface area contributed by atoms with Crippen LogP contribution in [0.1, 0.15) is 98.2 Å². The SMILES string of the molecule is C[C@H]([C@@H](O)c1ccccc1)N(C)C[C@H]1C[C@@H](c2ccc(CO)cc2)O[C@@H](c2ccc(-c3cccc(CNC(=O)NC45CC6CC(CC(C6)C4)C5)c3)cc2)O1. The fourth-order valence-corrected chi connectivity index (χ4v) is 10.1. The minimum Gasteiger partial charge on any atom is -0.392 e. The van der Waals surface area contributed by atoms with E-state index < -0.39 is 12.4 Å². The third-order valence-corrected chi connectivity index (χ3v) is 12.7. The topological polar surface area (TPSA) is 103 Å². The number of benzene rings is 4. The molecule has 284 valence electrons. The number of urea groups is 1. The average molecular weight is 730 g/mol. The molecule has 0 unspecified atom stereocenters. The van der Waals surface area contributed by atoms with Gasteiger partial charge in [-0.2, -0.15) is 0 Å². The Morgan fingerprint density at radius 1 is 0.796 bits per heavy atom. The molecule has 5 atom stereocenters. The van der Waals surface area contributed by atoms with Crippen molar-refractivity contribution in [2.75, 3.05) is 13.6 Å². The van der Waals surface area contributed by atoms with Crippen LogP contribution < -0.4 is 10.6 Å². The summed E-state index contributed by atoms with van der Waals surface area (Å²) in [5.41, 5.74) is 6.94. The minimum atomic E-state index is -0.626. The van der Waals surface area contributed by atoms with Crippen molar-refractivity contribution in [3.8, 4) is 11.1 Å². The zero-order valence-electron chi connectivity index (χ0n) is 31.6. The number of aliphatic hydroxyl groups excluding tert-OH is 2. The van der Waals surface area contributed by atoms with Crippen molar-refractivity contribution in [3.63, 3.8) is 0 Å². The number of nitrogens with one attached hydrogen (secondary N) is 2. The van der Waals surface area contributed by atoms with Crippen LogP contribution in [0.25, 0.3) is 11.1 Å². The number of nitrogens with zero attached hydrogens (tertiary/aromatic N) is 1. The van der Waals surface area contributed by atoms with E-state index in [9.17, 15) is 15.0 Å². The Balaban J connectivity index is 0.926. The summed E-state index contributed by atoms with van der Waals surface area (Å²) in [6.07, 6.45) is 6.61. The number of rotatable bonds is 12. The van der Waals surface area contributed by atoms with Crippen molar-refractivity contribution in [2.24, 2.45) is 17.8 Å². The highest BCUT2D eigenvalue weighted by molar-refractivity contribution is 5.75. The van der Waals surface area contributed by atoms with Crippen molar-refractivity contribution in [3.05, 3.63) is 131 Å². The molecule has 5 fully saturated rings. The lowest BCUT2D eigenvalue weighted by Gasteiger charge is -2.56. The molecule has 1 aliphatic heterocycles. The second-order valence-corrected chi connectivity index (χ2v) is 16.7. The number of likely N-dealkylation sites (N-methyl/N-ethyl adjacent to an activating group) is 1. The molecule has 4 saturated carbocycles. The van der Waals surface area contributed by atoms with Crippen LogP contribution in [-0.2, 0) is 22.6 Å².